The smallest absolute Gasteiger partial charge is 0.337 e. The average molecular weight is 314 g/mol. The molecule has 2 aromatic rings. The molecular weight excluding hydrogens is 306 g/mol. The van der Waals surface area contributed by atoms with Crippen LogP contribution in [0.15, 0.2) is 41.6 Å². The first-order valence-corrected chi connectivity index (χ1v) is 6.95. The number of nitrogens with zero attached hydrogens (tertiary/aromatic N) is 1. The number of benzene rings is 1. The largest absolute Gasteiger partial charge is 0.478 e. The topological polar surface area (TPSA) is 96.4 Å². The molecule has 0 radical (unpaired) electrons. The van der Waals surface area contributed by atoms with Crippen LogP contribution in [-0.4, -0.2) is 24.5 Å². The van der Waals surface area contributed by atoms with Crippen molar-refractivity contribution in [2.45, 2.75) is 4.90 Å². The van der Waals surface area contributed by atoms with Gasteiger partial charge in [0.2, 0.25) is 0 Å². The van der Waals surface area contributed by atoms with Gasteiger partial charge in [0.25, 0.3) is 10.0 Å². The van der Waals surface area contributed by atoms with Crippen molar-refractivity contribution in [2.75, 3.05) is 4.72 Å². The van der Waals surface area contributed by atoms with Crippen LogP contribution in [-0.2, 0) is 10.0 Å². The molecule has 0 aliphatic carbocycles. The SMILES string of the molecule is O=C(O)c1ccncc1NS(=O)(=O)c1ccc(F)c(F)c1. The monoisotopic (exact) mass is 314 g/mol. The first kappa shape index (κ1) is 14.9. The molecule has 0 saturated heterocycles. The second kappa shape index (κ2) is 5.44. The van der Waals surface area contributed by atoms with Crippen LogP contribution in [0.3, 0.4) is 0 Å². The van der Waals surface area contributed by atoms with Crippen molar-refractivity contribution in [3.63, 3.8) is 0 Å². The Bertz CT molecular complexity index is 809. The number of halogens is 2. The van der Waals surface area contributed by atoms with Crippen LogP contribution in [0.2, 0.25) is 0 Å². The molecule has 21 heavy (non-hydrogen) atoms. The summed E-state index contributed by atoms with van der Waals surface area (Å²) >= 11 is 0. The molecule has 0 atom stereocenters. The van der Waals surface area contributed by atoms with Crippen LogP contribution < -0.4 is 4.72 Å². The van der Waals surface area contributed by atoms with Crippen molar-refractivity contribution in [2.24, 2.45) is 0 Å². The zero-order valence-corrected chi connectivity index (χ0v) is 11.1. The third kappa shape index (κ3) is 3.14. The fourth-order valence-electron chi connectivity index (χ4n) is 1.51. The zero-order valence-electron chi connectivity index (χ0n) is 10.2. The van der Waals surface area contributed by atoms with Crippen molar-refractivity contribution in [1.82, 2.24) is 4.98 Å². The third-order valence-corrected chi connectivity index (χ3v) is 3.86. The first-order chi connectivity index (χ1) is 9.81. The molecule has 110 valence electrons. The number of hydrogen-bond acceptors (Lipinski definition) is 4. The molecule has 0 spiro atoms. The number of pyridine rings is 1. The fraction of sp³-hybridized carbons (Fsp3) is 0. The third-order valence-electron chi connectivity index (χ3n) is 2.50. The number of carboxylic acid groups (broad SMARTS) is 1. The molecule has 2 N–H and O–H groups in total. The van der Waals surface area contributed by atoms with Gasteiger partial charge in [0.05, 0.1) is 22.3 Å². The highest BCUT2D eigenvalue weighted by Gasteiger charge is 2.20. The van der Waals surface area contributed by atoms with E-state index < -0.39 is 32.5 Å². The van der Waals surface area contributed by atoms with E-state index in [-0.39, 0.29) is 11.3 Å². The summed E-state index contributed by atoms with van der Waals surface area (Å²) in [5, 5.41) is 8.94. The van der Waals surface area contributed by atoms with Crippen LogP contribution in [0.5, 0.6) is 0 Å². The number of aromatic carboxylic acids is 1. The van der Waals surface area contributed by atoms with E-state index in [9.17, 15) is 22.0 Å². The Kier molecular flexibility index (Phi) is 3.85. The summed E-state index contributed by atoms with van der Waals surface area (Å²) in [4.78, 5) is 14.0. The standard InChI is InChI=1S/C12H8F2N2O4S/c13-9-2-1-7(5-10(9)14)21(19,20)16-11-6-15-4-3-8(11)12(17)18/h1-6,16H,(H,17,18). The van der Waals surface area contributed by atoms with E-state index in [0.717, 1.165) is 18.3 Å². The minimum absolute atomic E-state index is 0.283. The molecular formula is C12H8F2N2O4S. The molecule has 0 bridgehead atoms. The fourth-order valence-corrected chi connectivity index (χ4v) is 2.59. The molecule has 2 rings (SSSR count). The lowest BCUT2D eigenvalue weighted by Gasteiger charge is -2.10. The van der Waals surface area contributed by atoms with Crippen LogP contribution >= 0.6 is 0 Å². The Morgan fingerprint density at radius 2 is 1.90 bits per heavy atom. The summed E-state index contributed by atoms with van der Waals surface area (Å²) in [7, 11) is -4.27. The highest BCUT2D eigenvalue weighted by molar-refractivity contribution is 7.92. The predicted octanol–water partition coefficient (Wildman–Crippen LogP) is 1.86. The number of nitrogens with one attached hydrogen (secondary N) is 1. The van der Waals surface area contributed by atoms with Gasteiger partial charge in [-0.3, -0.25) is 9.71 Å². The second-order valence-corrected chi connectivity index (χ2v) is 5.59. The molecule has 1 aromatic carbocycles. The number of carbonyl (C=O) groups is 1. The number of anilines is 1. The van der Waals surface area contributed by atoms with Gasteiger partial charge in [0.15, 0.2) is 11.6 Å². The summed E-state index contributed by atoms with van der Waals surface area (Å²) in [6.07, 6.45) is 2.18. The molecule has 1 aromatic heterocycles. The summed E-state index contributed by atoms with van der Waals surface area (Å²) < 4.78 is 51.9. The Morgan fingerprint density at radius 1 is 1.19 bits per heavy atom. The molecule has 0 amide bonds. The Labute approximate surface area is 118 Å². The van der Waals surface area contributed by atoms with Crippen molar-refractivity contribution in [1.29, 1.82) is 0 Å². The van der Waals surface area contributed by atoms with Crippen LogP contribution in [0.1, 0.15) is 10.4 Å². The van der Waals surface area contributed by atoms with Crippen molar-refractivity contribution >= 4 is 21.7 Å². The number of aromatic nitrogens is 1. The van der Waals surface area contributed by atoms with Crippen molar-refractivity contribution < 1.29 is 27.1 Å². The molecule has 0 aliphatic heterocycles. The van der Waals surface area contributed by atoms with E-state index in [1.807, 2.05) is 4.72 Å². The van der Waals surface area contributed by atoms with Crippen molar-refractivity contribution in [3.8, 4) is 0 Å². The molecule has 0 aliphatic rings. The van der Waals surface area contributed by atoms with Crippen LogP contribution in [0.25, 0.3) is 0 Å². The van der Waals surface area contributed by atoms with E-state index in [4.69, 9.17) is 5.11 Å². The van der Waals surface area contributed by atoms with Gasteiger partial charge >= 0.3 is 5.97 Å². The number of hydrogen-bond donors (Lipinski definition) is 2. The number of rotatable bonds is 4. The molecule has 0 fully saturated rings. The maximum absolute atomic E-state index is 13.1. The lowest BCUT2D eigenvalue weighted by atomic mass is 10.2. The Morgan fingerprint density at radius 3 is 2.52 bits per heavy atom. The van der Waals surface area contributed by atoms with Crippen molar-refractivity contribution in [3.05, 3.63) is 53.9 Å². The van der Waals surface area contributed by atoms with Gasteiger partial charge in [-0.15, -0.1) is 0 Å². The summed E-state index contributed by atoms with van der Waals surface area (Å²) in [6.45, 7) is 0. The summed E-state index contributed by atoms with van der Waals surface area (Å²) in [6, 6.07) is 3.11. The molecule has 0 unspecified atom stereocenters. The second-order valence-electron chi connectivity index (χ2n) is 3.91. The average Bonchev–Trinajstić information content (AvgIpc) is 2.41. The van der Waals surface area contributed by atoms with Crippen LogP contribution in [0.4, 0.5) is 14.5 Å². The van der Waals surface area contributed by atoms with E-state index in [1.54, 1.807) is 0 Å². The highest BCUT2D eigenvalue weighted by atomic mass is 32.2. The first-order valence-electron chi connectivity index (χ1n) is 5.46. The summed E-state index contributed by atoms with van der Waals surface area (Å²) in [5.74, 6) is -3.88. The highest BCUT2D eigenvalue weighted by Crippen LogP contribution is 2.20. The zero-order chi connectivity index (χ0) is 15.6. The lowest BCUT2D eigenvalue weighted by Crippen LogP contribution is -2.16. The van der Waals surface area contributed by atoms with Gasteiger partial charge in [0.1, 0.15) is 0 Å². The quantitative estimate of drug-likeness (QED) is 0.898. The lowest BCUT2D eigenvalue weighted by molar-refractivity contribution is 0.0698. The van der Waals surface area contributed by atoms with Gasteiger partial charge in [-0.1, -0.05) is 0 Å². The van der Waals surface area contributed by atoms with Crippen LogP contribution in [0, 0.1) is 11.6 Å². The maximum atomic E-state index is 13.1. The van der Waals surface area contributed by atoms with E-state index in [2.05, 4.69) is 4.98 Å². The number of sulfonamides is 1. The minimum atomic E-state index is -4.27. The van der Waals surface area contributed by atoms with Gasteiger partial charge < -0.3 is 5.11 Å². The minimum Gasteiger partial charge on any atom is -0.478 e. The normalized spacial score (nSPS) is 11.1. The Balaban J connectivity index is 2.42. The molecule has 9 heteroatoms. The number of carboxylic acids is 1. The maximum Gasteiger partial charge on any atom is 0.337 e. The molecule has 6 nitrogen and oxygen atoms in total. The molecule has 0 saturated carbocycles. The molecule has 1 heterocycles. The van der Waals surface area contributed by atoms with E-state index >= 15 is 0 Å². The van der Waals surface area contributed by atoms with Gasteiger partial charge in [-0.05, 0) is 24.3 Å². The predicted molar refractivity (Wildman–Crippen MR) is 68.4 cm³/mol. The Hall–Kier alpha value is -2.55. The van der Waals surface area contributed by atoms with E-state index in [0.29, 0.717) is 12.1 Å². The van der Waals surface area contributed by atoms with Gasteiger partial charge in [-0.25, -0.2) is 22.0 Å². The summed E-state index contributed by atoms with van der Waals surface area (Å²) in [5.41, 5.74) is -0.606. The van der Waals surface area contributed by atoms with Gasteiger partial charge in [-0.2, -0.15) is 0 Å². The van der Waals surface area contributed by atoms with Gasteiger partial charge in [0, 0.05) is 6.20 Å². The van der Waals surface area contributed by atoms with E-state index in [1.165, 1.54) is 6.20 Å².